The number of hydrogen-bond donors (Lipinski definition) is 0. The summed E-state index contributed by atoms with van der Waals surface area (Å²) in [7, 11) is 0. The van der Waals surface area contributed by atoms with Crippen LogP contribution in [0.1, 0.15) is 78.1 Å². The Morgan fingerprint density at radius 3 is 2.53 bits per heavy atom. The van der Waals surface area contributed by atoms with Crippen molar-refractivity contribution in [1.82, 2.24) is 0 Å². The van der Waals surface area contributed by atoms with Crippen LogP contribution in [-0.2, 0) is 0 Å². The molecule has 1 unspecified atom stereocenters. The van der Waals surface area contributed by atoms with Crippen molar-refractivity contribution in [2.24, 2.45) is 17.3 Å². The zero-order valence-corrected chi connectivity index (χ0v) is 11.9. The molecule has 0 N–H and O–H groups in total. The van der Waals surface area contributed by atoms with Crippen molar-refractivity contribution in [3.05, 3.63) is 12.2 Å². The van der Waals surface area contributed by atoms with Gasteiger partial charge in [0, 0.05) is 0 Å². The maximum absolute atomic E-state index is 4.22. The fourth-order valence-electron chi connectivity index (χ4n) is 3.84. The molecule has 0 spiro atoms. The molecule has 0 aromatic rings. The second-order valence-electron chi connectivity index (χ2n) is 7.22. The molecule has 2 saturated carbocycles. The van der Waals surface area contributed by atoms with E-state index in [-0.39, 0.29) is 0 Å². The molecule has 98 valence electrons. The van der Waals surface area contributed by atoms with Crippen LogP contribution >= 0.6 is 0 Å². The third-order valence-electron chi connectivity index (χ3n) is 5.41. The molecule has 1 atom stereocenters. The topological polar surface area (TPSA) is 0 Å². The van der Waals surface area contributed by atoms with Gasteiger partial charge in [0.25, 0.3) is 0 Å². The Labute approximate surface area is 108 Å². The second-order valence-corrected chi connectivity index (χ2v) is 7.22. The van der Waals surface area contributed by atoms with Crippen LogP contribution in [0, 0.1) is 17.3 Å². The minimum atomic E-state index is 0.565. The number of rotatable bonds is 3. The average Bonchev–Trinajstić information content (AvgIpc) is 2.32. The first-order valence-corrected chi connectivity index (χ1v) is 7.74. The Bertz CT molecular complexity index is 255. The van der Waals surface area contributed by atoms with Crippen molar-refractivity contribution in [2.45, 2.75) is 78.1 Å². The summed E-state index contributed by atoms with van der Waals surface area (Å²) in [5.74, 6) is 1.96. The van der Waals surface area contributed by atoms with E-state index in [2.05, 4.69) is 20.4 Å². The molecule has 0 aliphatic heterocycles. The normalized spacial score (nSPS) is 30.5. The molecule has 0 heterocycles. The predicted molar refractivity (Wildman–Crippen MR) is 76.1 cm³/mol. The largest absolute Gasteiger partial charge is 0.0999 e. The third kappa shape index (κ3) is 3.60. The third-order valence-corrected chi connectivity index (χ3v) is 5.41. The fourth-order valence-corrected chi connectivity index (χ4v) is 3.84. The summed E-state index contributed by atoms with van der Waals surface area (Å²) >= 11 is 0. The predicted octanol–water partition coefficient (Wildman–Crippen LogP) is 5.73. The van der Waals surface area contributed by atoms with Crippen molar-refractivity contribution in [2.75, 3.05) is 0 Å². The van der Waals surface area contributed by atoms with Gasteiger partial charge in [0.15, 0.2) is 0 Å². The average molecular weight is 234 g/mol. The van der Waals surface area contributed by atoms with E-state index < -0.39 is 0 Å². The van der Waals surface area contributed by atoms with Crippen molar-refractivity contribution < 1.29 is 0 Å². The molecule has 0 radical (unpaired) electrons. The summed E-state index contributed by atoms with van der Waals surface area (Å²) in [6.45, 7) is 9.18. The van der Waals surface area contributed by atoms with Crippen LogP contribution in [0.2, 0.25) is 0 Å². The molecule has 0 nitrogen and oxygen atoms in total. The molecule has 2 rings (SSSR count). The van der Waals surface area contributed by atoms with Gasteiger partial charge in [-0.1, -0.05) is 64.5 Å². The summed E-state index contributed by atoms with van der Waals surface area (Å²) in [5.41, 5.74) is 2.08. The van der Waals surface area contributed by atoms with E-state index in [1.54, 1.807) is 0 Å². The first kappa shape index (κ1) is 13.2. The van der Waals surface area contributed by atoms with Gasteiger partial charge in [-0.15, -0.1) is 0 Å². The van der Waals surface area contributed by atoms with Crippen LogP contribution in [0.15, 0.2) is 12.2 Å². The zero-order valence-electron chi connectivity index (χ0n) is 11.9. The first-order chi connectivity index (χ1) is 8.08. The highest BCUT2D eigenvalue weighted by molar-refractivity contribution is 5.04. The molecule has 0 amide bonds. The van der Waals surface area contributed by atoms with Crippen molar-refractivity contribution in [1.29, 1.82) is 0 Å². The second kappa shape index (κ2) is 5.59. The van der Waals surface area contributed by atoms with Gasteiger partial charge in [-0.3, -0.25) is 0 Å². The van der Waals surface area contributed by atoms with Gasteiger partial charge >= 0.3 is 0 Å². The van der Waals surface area contributed by atoms with Gasteiger partial charge in [-0.2, -0.15) is 0 Å². The van der Waals surface area contributed by atoms with Gasteiger partial charge in [0.2, 0.25) is 0 Å². The summed E-state index contributed by atoms with van der Waals surface area (Å²) < 4.78 is 0. The van der Waals surface area contributed by atoms with E-state index in [1.165, 1.54) is 69.8 Å². The highest BCUT2D eigenvalue weighted by Crippen LogP contribution is 2.45. The van der Waals surface area contributed by atoms with E-state index >= 15 is 0 Å². The maximum Gasteiger partial charge on any atom is -0.0289 e. The van der Waals surface area contributed by atoms with Gasteiger partial charge in [0.1, 0.15) is 0 Å². The van der Waals surface area contributed by atoms with E-state index in [9.17, 15) is 0 Å². The lowest BCUT2D eigenvalue weighted by Crippen LogP contribution is -2.29. The number of allylic oxidation sites excluding steroid dienone is 1. The summed E-state index contributed by atoms with van der Waals surface area (Å²) in [6.07, 6.45) is 14.4. The van der Waals surface area contributed by atoms with Crippen LogP contribution in [-0.4, -0.2) is 0 Å². The highest BCUT2D eigenvalue weighted by atomic mass is 14.4. The molecule has 2 fully saturated rings. The summed E-state index contributed by atoms with van der Waals surface area (Å²) in [6, 6.07) is 0. The van der Waals surface area contributed by atoms with Crippen molar-refractivity contribution in [3.8, 4) is 0 Å². The molecule has 0 saturated heterocycles. The highest BCUT2D eigenvalue weighted by Gasteiger charge is 2.33. The molecule has 0 heteroatoms. The maximum atomic E-state index is 4.22. The Hall–Kier alpha value is -0.260. The Morgan fingerprint density at radius 1 is 1.12 bits per heavy atom. The lowest BCUT2D eigenvalue weighted by molar-refractivity contribution is 0.143. The smallest absolute Gasteiger partial charge is 0.0289 e. The first-order valence-electron chi connectivity index (χ1n) is 7.74. The monoisotopic (exact) mass is 234 g/mol. The molecular formula is C17H30. The van der Waals surface area contributed by atoms with Gasteiger partial charge in [-0.25, -0.2) is 0 Å². The van der Waals surface area contributed by atoms with Crippen molar-refractivity contribution >= 4 is 0 Å². The summed E-state index contributed by atoms with van der Waals surface area (Å²) in [5, 5.41) is 0. The van der Waals surface area contributed by atoms with E-state index in [0.29, 0.717) is 5.41 Å². The van der Waals surface area contributed by atoms with E-state index in [0.717, 1.165) is 11.8 Å². The summed E-state index contributed by atoms with van der Waals surface area (Å²) in [4.78, 5) is 0. The molecule has 2 aliphatic rings. The van der Waals surface area contributed by atoms with Crippen molar-refractivity contribution in [3.63, 3.8) is 0 Å². The minimum absolute atomic E-state index is 0.565. The van der Waals surface area contributed by atoms with Crippen LogP contribution in [0.4, 0.5) is 0 Å². The molecule has 0 bridgehead atoms. The van der Waals surface area contributed by atoms with E-state index in [1.807, 2.05) is 0 Å². The number of hydrogen-bond acceptors (Lipinski definition) is 0. The SMILES string of the molecule is C=C1CCC(C)(C)C(CCC2CCCCC2)C1. The Morgan fingerprint density at radius 2 is 1.82 bits per heavy atom. The van der Waals surface area contributed by atoms with Crippen LogP contribution in [0.3, 0.4) is 0 Å². The molecule has 0 aromatic carbocycles. The van der Waals surface area contributed by atoms with Gasteiger partial charge in [0.05, 0.1) is 0 Å². The standard InChI is InChI=1S/C17H30/c1-14-11-12-17(2,3)16(13-14)10-9-15-7-5-4-6-8-15/h15-16H,1,4-13H2,2-3H3. The Kier molecular flexibility index (Phi) is 4.33. The van der Waals surface area contributed by atoms with Crippen LogP contribution < -0.4 is 0 Å². The molecular weight excluding hydrogens is 204 g/mol. The van der Waals surface area contributed by atoms with E-state index in [4.69, 9.17) is 0 Å². The van der Waals surface area contributed by atoms with Gasteiger partial charge < -0.3 is 0 Å². The van der Waals surface area contributed by atoms with Gasteiger partial charge in [-0.05, 0) is 42.9 Å². The molecule has 0 aromatic heterocycles. The minimum Gasteiger partial charge on any atom is -0.0999 e. The van der Waals surface area contributed by atoms with Crippen LogP contribution in [0.25, 0.3) is 0 Å². The molecule has 17 heavy (non-hydrogen) atoms. The fraction of sp³-hybridized carbons (Fsp3) is 0.882. The Balaban J connectivity index is 1.81. The lowest BCUT2D eigenvalue weighted by Gasteiger charge is -2.40. The lowest BCUT2D eigenvalue weighted by atomic mass is 9.65. The quantitative estimate of drug-likeness (QED) is 0.547. The molecule has 2 aliphatic carbocycles. The zero-order chi connectivity index (χ0) is 12.3. The van der Waals surface area contributed by atoms with Crippen LogP contribution in [0.5, 0.6) is 0 Å².